The van der Waals surface area contributed by atoms with Crippen LogP contribution >= 0.6 is 11.3 Å². The molecular formula is C18H18N2O3S. The number of amides is 1. The van der Waals surface area contributed by atoms with Gasteiger partial charge in [0.25, 0.3) is 5.91 Å². The molecule has 0 radical (unpaired) electrons. The van der Waals surface area contributed by atoms with Gasteiger partial charge in [-0.2, -0.15) is 0 Å². The zero-order chi connectivity index (χ0) is 16.7. The molecule has 1 heterocycles. The number of aryl methyl sites for hydroxylation is 1. The summed E-state index contributed by atoms with van der Waals surface area (Å²) in [4.78, 5) is 28.5. The Morgan fingerprint density at radius 3 is 2.96 bits per heavy atom. The summed E-state index contributed by atoms with van der Waals surface area (Å²) < 4.78 is 6.22. The normalized spacial score (nSPS) is 24.5. The molecule has 1 N–H and O–H groups in total. The van der Waals surface area contributed by atoms with E-state index in [2.05, 4.69) is 22.5 Å². The fourth-order valence-corrected chi connectivity index (χ4v) is 4.52. The predicted octanol–water partition coefficient (Wildman–Crippen LogP) is 3.30. The van der Waals surface area contributed by atoms with Crippen molar-refractivity contribution in [1.82, 2.24) is 4.98 Å². The molecule has 1 aromatic heterocycles. The fraction of sp³-hybridized carbons (Fsp3) is 0.389. The first-order chi connectivity index (χ1) is 11.6. The number of aromatic nitrogens is 1. The molecule has 3 atom stereocenters. The number of carbonyl (C=O) groups is 2. The van der Waals surface area contributed by atoms with Gasteiger partial charge in [-0.1, -0.05) is 29.6 Å². The third-order valence-electron chi connectivity index (χ3n) is 4.72. The van der Waals surface area contributed by atoms with Crippen LogP contribution in [0.15, 0.2) is 30.4 Å². The highest BCUT2D eigenvalue weighted by molar-refractivity contribution is 7.22. The number of nitrogens with one attached hydrogen (secondary N) is 1. The van der Waals surface area contributed by atoms with Gasteiger partial charge in [-0.05, 0) is 49.3 Å². The number of hydrogen-bond acceptors (Lipinski definition) is 5. The van der Waals surface area contributed by atoms with E-state index in [1.54, 1.807) is 0 Å². The summed E-state index contributed by atoms with van der Waals surface area (Å²) in [5.41, 5.74) is 2.00. The third kappa shape index (κ3) is 2.94. The molecule has 2 aliphatic rings. The molecule has 1 amide bonds. The number of benzene rings is 1. The van der Waals surface area contributed by atoms with E-state index in [1.807, 2.05) is 25.1 Å². The SMILES string of the molecule is Cc1ccc2nc(NC(=O)COC(=O)C3CC4C=CC3C4)sc2c1. The Bertz CT molecular complexity index is 842. The Labute approximate surface area is 143 Å². The van der Waals surface area contributed by atoms with Crippen LogP contribution in [0.25, 0.3) is 10.2 Å². The van der Waals surface area contributed by atoms with Gasteiger partial charge in [-0.25, -0.2) is 4.98 Å². The van der Waals surface area contributed by atoms with Crippen LogP contribution in [0.4, 0.5) is 5.13 Å². The van der Waals surface area contributed by atoms with Gasteiger partial charge in [0, 0.05) is 0 Å². The van der Waals surface area contributed by atoms with Gasteiger partial charge in [-0.3, -0.25) is 14.9 Å². The van der Waals surface area contributed by atoms with E-state index in [9.17, 15) is 9.59 Å². The Kier molecular flexibility index (Phi) is 3.84. The average molecular weight is 342 g/mol. The lowest BCUT2D eigenvalue weighted by molar-refractivity contribution is -0.152. The van der Waals surface area contributed by atoms with Crippen molar-refractivity contribution in [2.75, 3.05) is 11.9 Å². The van der Waals surface area contributed by atoms with Gasteiger partial charge < -0.3 is 4.74 Å². The molecule has 124 valence electrons. The van der Waals surface area contributed by atoms with Gasteiger partial charge in [-0.15, -0.1) is 0 Å². The summed E-state index contributed by atoms with van der Waals surface area (Å²) in [6.07, 6.45) is 6.16. The van der Waals surface area contributed by atoms with Gasteiger partial charge in [0.15, 0.2) is 11.7 Å². The van der Waals surface area contributed by atoms with Crippen molar-refractivity contribution in [3.05, 3.63) is 35.9 Å². The van der Waals surface area contributed by atoms with E-state index >= 15 is 0 Å². The van der Waals surface area contributed by atoms with Crippen LogP contribution < -0.4 is 5.32 Å². The number of carbonyl (C=O) groups excluding carboxylic acids is 2. The van der Waals surface area contributed by atoms with E-state index < -0.39 is 0 Å². The van der Waals surface area contributed by atoms with Crippen molar-refractivity contribution in [2.45, 2.75) is 19.8 Å². The minimum Gasteiger partial charge on any atom is -0.455 e. The quantitative estimate of drug-likeness (QED) is 0.684. The summed E-state index contributed by atoms with van der Waals surface area (Å²) in [6, 6.07) is 5.95. The molecule has 1 fully saturated rings. The van der Waals surface area contributed by atoms with Gasteiger partial charge in [0.1, 0.15) is 0 Å². The van der Waals surface area contributed by atoms with Crippen LogP contribution in [-0.4, -0.2) is 23.5 Å². The third-order valence-corrected chi connectivity index (χ3v) is 5.65. The molecule has 0 aliphatic heterocycles. The number of rotatable bonds is 4. The van der Waals surface area contributed by atoms with E-state index in [0.29, 0.717) is 11.0 Å². The number of fused-ring (bicyclic) bond motifs is 3. The van der Waals surface area contributed by atoms with Gasteiger partial charge >= 0.3 is 5.97 Å². The first-order valence-corrected chi connectivity index (χ1v) is 8.92. The molecule has 1 saturated carbocycles. The summed E-state index contributed by atoms with van der Waals surface area (Å²) in [5.74, 6) is 0.101. The molecule has 4 rings (SSSR count). The average Bonchev–Trinajstić information content (AvgIpc) is 3.26. The van der Waals surface area contributed by atoms with Crippen LogP contribution in [0, 0.1) is 24.7 Å². The van der Waals surface area contributed by atoms with Crippen LogP contribution in [0.5, 0.6) is 0 Å². The molecular weight excluding hydrogens is 324 g/mol. The molecule has 2 aromatic rings. The van der Waals surface area contributed by atoms with Crippen molar-refractivity contribution in [3.63, 3.8) is 0 Å². The molecule has 2 bridgehead atoms. The standard InChI is InChI=1S/C18H18N2O3S/c1-10-2-5-14-15(6-10)24-18(19-14)20-16(21)9-23-17(22)13-8-11-3-4-12(13)7-11/h2-6,11-13H,7-9H2,1H3,(H,19,20,21). The second-order valence-corrected chi connectivity index (χ2v) is 7.56. The zero-order valence-corrected chi connectivity index (χ0v) is 14.1. The van der Waals surface area contributed by atoms with Gasteiger partial charge in [0.05, 0.1) is 16.1 Å². The topological polar surface area (TPSA) is 68.3 Å². The van der Waals surface area contributed by atoms with E-state index in [1.165, 1.54) is 11.3 Å². The zero-order valence-electron chi connectivity index (χ0n) is 13.3. The minimum atomic E-state index is -0.349. The number of nitrogens with zero attached hydrogens (tertiary/aromatic N) is 1. The lowest BCUT2D eigenvalue weighted by atomic mass is 9.94. The van der Waals surface area contributed by atoms with E-state index in [0.717, 1.165) is 28.6 Å². The molecule has 6 heteroatoms. The highest BCUT2D eigenvalue weighted by Crippen LogP contribution is 2.43. The number of thiazole rings is 1. The van der Waals surface area contributed by atoms with E-state index in [4.69, 9.17) is 4.74 Å². The maximum atomic E-state index is 12.1. The largest absolute Gasteiger partial charge is 0.455 e. The number of allylic oxidation sites excluding steroid dienone is 2. The molecule has 5 nitrogen and oxygen atoms in total. The lowest BCUT2D eigenvalue weighted by Gasteiger charge is -2.16. The van der Waals surface area contributed by atoms with Crippen molar-refractivity contribution >= 4 is 38.6 Å². The van der Waals surface area contributed by atoms with Crippen LogP contribution in [0.1, 0.15) is 18.4 Å². The maximum absolute atomic E-state index is 12.1. The summed E-state index contributed by atoms with van der Waals surface area (Å²) in [6.45, 7) is 1.76. The number of hydrogen-bond donors (Lipinski definition) is 1. The second kappa shape index (κ2) is 6.02. The predicted molar refractivity (Wildman–Crippen MR) is 92.8 cm³/mol. The Balaban J connectivity index is 1.32. The first-order valence-electron chi connectivity index (χ1n) is 8.10. The molecule has 3 unspecified atom stereocenters. The van der Waals surface area contributed by atoms with Crippen LogP contribution in [-0.2, 0) is 14.3 Å². The number of anilines is 1. The smallest absolute Gasteiger partial charge is 0.310 e. The van der Waals surface area contributed by atoms with Gasteiger partial charge in [0.2, 0.25) is 0 Å². The van der Waals surface area contributed by atoms with Crippen LogP contribution in [0.3, 0.4) is 0 Å². The second-order valence-electron chi connectivity index (χ2n) is 6.53. The van der Waals surface area contributed by atoms with E-state index in [-0.39, 0.29) is 30.3 Å². The summed E-state index contributed by atoms with van der Waals surface area (Å²) in [5, 5.41) is 3.24. The Morgan fingerprint density at radius 1 is 1.33 bits per heavy atom. The number of ether oxygens (including phenoxy) is 1. The maximum Gasteiger partial charge on any atom is 0.310 e. The van der Waals surface area contributed by atoms with Crippen molar-refractivity contribution < 1.29 is 14.3 Å². The minimum absolute atomic E-state index is 0.0850. The molecule has 24 heavy (non-hydrogen) atoms. The highest BCUT2D eigenvalue weighted by Gasteiger charge is 2.40. The molecule has 0 saturated heterocycles. The number of esters is 1. The fourth-order valence-electron chi connectivity index (χ4n) is 3.54. The van der Waals surface area contributed by atoms with Crippen molar-refractivity contribution in [1.29, 1.82) is 0 Å². The van der Waals surface area contributed by atoms with Crippen LogP contribution in [0.2, 0.25) is 0 Å². The first kappa shape index (κ1) is 15.3. The summed E-state index contributed by atoms with van der Waals surface area (Å²) >= 11 is 1.42. The highest BCUT2D eigenvalue weighted by atomic mass is 32.1. The summed E-state index contributed by atoms with van der Waals surface area (Å²) in [7, 11) is 0. The lowest BCUT2D eigenvalue weighted by Crippen LogP contribution is -2.26. The Morgan fingerprint density at radius 2 is 2.21 bits per heavy atom. The Hall–Kier alpha value is -2.21. The monoisotopic (exact) mass is 342 g/mol. The molecule has 2 aliphatic carbocycles. The molecule has 0 spiro atoms. The van der Waals surface area contributed by atoms with Crippen molar-refractivity contribution in [3.8, 4) is 0 Å². The van der Waals surface area contributed by atoms with Crippen molar-refractivity contribution in [2.24, 2.45) is 17.8 Å². The molecule has 1 aromatic carbocycles.